The van der Waals surface area contributed by atoms with Crippen molar-refractivity contribution in [3.05, 3.63) is 40.4 Å². The Hall–Kier alpha value is -2.30. The molecule has 0 bridgehead atoms. The maximum absolute atomic E-state index is 12.8. The predicted octanol–water partition coefficient (Wildman–Crippen LogP) is 0.598. The van der Waals surface area contributed by atoms with Gasteiger partial charge in [-0.15, -0.1) is 0 Å². The lowest BCUT2D eigenvalue weighted by atomic mass is 10.0. The molecule has 0 unspecified atom stereocenters. The molecule has 0 aliphatic carbocycles. The summed E-state index contributed by atoms with van der Waals surface area (Å²) >= 11 is 0. The number of para-hydroxylation sites is 1. The van der Waals surface area contributed by atoms with Crippen LogP contribution in [0.2, 0.25) is 0 Å². The third-order valence-electron chi connectivity index (χ3n) is 5.83. The maximum atomic E-state index is 12.8. The van der Waals surface area contributed by atoms with Gasteiger partial charge in [0.25, 0.3) is 5.56 Å². The number of benzene rings is 1. The number of carbonyl (C=O) groups is 1. The van der Waals surface area contributed by atoms with Gasteiger partial charge >= 0.3 is 0 Å². The Morgan fingerprint density at radius 1 is 1.39 bits per heavy atom. The van der Waals surface area contributed by atoms with Crippen molar-refractivity contribution in [2.24, 2.45) is 0 Å². The number of aromatic nitrogens is 2. The molecule has 9 nitrogen and oxygen atoms in total. The first kappa shape index (κ1) is 21.9. The first-order valence-corrected chi connectivity index (χ1v) is 12.4. The first-order valence-electron chi connectivity index (χ1n) is 10.5. The van der Waals surface area contributed by atoms with Gasteiger partial charge in [-0.2, -0.15) is 0 Å². The van der Waals surface area contributed by atoms with Gasteiger partial charge in [0, 0.05) is 13.2 Å². The van der Waals surface area contributed by atoms with Gasteiger partial charge in [0.2, 0.25) is 5.91 Å². The van der Waals surface area contributed by atoms with Gasteiger partial charge in [0.15, 0.2) is 9.84 Å². The molecule has 2 fully saturated rings. The summed E-state index contributed by atoms with van der Waals surface area (Å²) in [6.45, 7) is 3.33. The Kier molecular flexibility index (Phi) is 6.14. The van der Waals surface area contributed by atoms with Crippen LogP contribution in [-0.2, 0) is 25.9 Å². The highest BCUT2D eigenvalue weighted by Gasteiger charge is 2.39. The largest absolute Gasteiger partial charge is 0.377 e. The van der Waals surface area contributed by atoms with E-state index in [0.717, 1.165) is 12.8 Å². The molecule has 0 saturated carbocycles. The van der Waals surface area contributed by atoms with E-state index in [-0.39, 0.29) is 42.2 Å². The molecule has 2 atom stereocenters. The highest BCUT2D eigenvalue weighted by Crippen LogP contribution is 2.23. The van der Waals surface area contributed by atoms with Crippen LogP contribution in [0.15, 0.2) is 29.1 Å². The summed E-state index contributed by atoms with van der Waals surface area (Å²) in [4.78, 5) is 34.4. The van der Waals surface area contributed by atoms with Gasteiger partial charge in [-0.3, -0.25) is 14.5 Å². The summed E-state index contributed by atoms with van der Waals surface area (Å²) in [6.07, 6.45) is 2.32. The van der Waals surface area contributed by atoms with Crippen LogP contribution in [0.4, 0.5) is 0 Å². The summed E-state index contributed by atoms with van der Waals surface area (Å²) in [7, 11) is -3.12. The molecule has 2 aromatic rings. The lowest BCUT2D eigenvalue weighted by molar-refractivity contribution is -0.124. The zero-order valence-electron chi connectivity index (χ0n) is 17.6. The number of amides is 1. The number of hydrogen-bond donors (Lipinski definition) is 2. The Balaban J connectivity index is 1.49. The van der Waals surface area contributed by atoms with Crippen LogP contribution >= 0.6 is 0 Å². The van der Waals surface area contributed by atoms with Crippen molar-refractivity contribution in [2.75, 3.05) is 31.2 Å². The SMILES string of the molecule is C[C@]1(NC(=O)CN(Cc2nc3ccccc3c(=O)[nH]2)C[C@H]2CCCO2)CCS(=O)(=O)C1. The van der Waals surface area contributed by atoms with E-state index in [1.807, 2.05) is 11.0 Å². The molecule has 31 heavy (non-hydrogen) atoms. The van der Waals surface area contributed by atoms with E-state index in [4.69, 9.17) is 4.74 Å². The lowest BCUT2D eigenvalue weighted by Crippen LogP contribution is -2.51. The molecule has 2 saturated heterocycles. The Morgan fingerprint density at radius 2 is 2.19 bits per heavy atom. The van der Waals surface area contributed by atoms with E-state index in [9.17, 15) is 18.0 Å². The average molecular weight is 449 g/mol. The summed E-state index contributed by atoms with van der Waals surface area (Å²) < 4.78 is 29.4. The fraction of sp³-hybridized carbons (Fsp3) is 0.571. The van der Waals surface area contributed by atoms with Crippen LogP contribution in [0.3, 0.4) is 0 Å². The summed E-state index contributed by atoms with van der Waals surface area (Å²) in [5, 5.41) is 3.42. The van der Waals surface area contributed by atoms with Crippen molar-refractivity contribution < 1.29 is 17.9 Å². The number of fused-ring (bicyclic) bond motifs is 1. The zero-order valence-corrected chi connectivity index (χ0v) is 18.4. The van der Waals surface area contributed by atoms with E-state index in [2.05, 4.69) is 15.3 Å². The van der Waals surface area contributed by atoms with Crippen LogP contribution in [0, 0.1) is 0 Å². The van der Waals surface area contributed by atoms with E-state index in [1.165, 1.54) is 0 Å². The second kappa shape index (κ2) is 8.68. The molecule has 1 aromatic heterocycles. The Labute approximate surface area is 181 Å². The first-order chi connectivity index (χ1) is 14.7. The Morgan fingerprint density at radius 3 is 2.90 bits per heavy atom. The van der Waals surface area contributed by atoms with E-state index >= 15 is 0 Å². The number of carbonyl (C=O) groups excluding carboxylic acids is 1. The molecule has 168 valence electrons. The van der Waals surface area contributed by atoms with Gasteiger partial charge in [0.1, 0.15) is 5.82 Å². The molecule has 0 spiro atoms. The van der Waals surface area contributed by atoms with E-state index < -0.39 is 15.4 Å². The second-order valence-electron chi connectivity index (χ2n) is 8.79. The Bertz CT molecular complexity index is 1130. The van der Waals surface area contributed by atoms with Crippen molar-refractivity contribution in [3.8, 4) is 0 Å². The molecule has 0 radical (unpaired) electrons. The molecule has 2 aliphatic rings. The summed E-state index contributed by atoms with van der Waals surface area (Å²) in [5.41, 5.74) is -0.363. The number of H-pyrrole nitrogens is 1. The van der Waals surface area contributed by atoms with E-state index in [0.29, 0.717) is 36.3 Å². The van der Waals surface area contributed by atoms with Crippen molar-refractivity contribution in [1.29, 1.82) is 0 Å². The number of nitrogens with one attached hydrogen (secondary N) is 2. The summed E-state index contributed by atoms with van der Waals surface area (Å²) in [5.74, 6) is 0.271. The monoisotopic (exact) mass is 448 g/mol. The van der Waals surface area contributed by atoms with Crippen molar-refractivity contribution in [2.45, 2.75) is 44.4 Å². The van der Waals surface area contributed by atoms with Crippen LogP contribution in [-0.4, -0.2) is 72.0 Å². The quantitative estimate of drug-likeness (QED) is 0.636. The number of ether oxygens (including phenoxy) is 1. The number of aromatic amines is 1. The number of nitrogens with zero attached hydrogens (tertiary/aromatic N) is 2. The molecule has 2 aliphatic heterocycles. The minimum absolute atomic E-state index is 0.0161. The smallest absolute Gasteiger partial charge is 0.258 e. The highest BCUT2D eigenvalue weighted by atomic mass is 32.2. The molecule has 3 heterocycles. The molecular weight excluding hydrogens is 420 g/mol. The van der Waals surface area contributed by atoms with Crippen molar-refractivity contribution in [1.82, 2.24) is 20.2 Å². The van der Waals surface area contributed by atoms with Crippen molar-refractivity contribution in [3.63, 3.8) is 0 Å². The molecular formula is C21H28N4O5S. The summed E-state index contributed by atoms with van der Waals surface area (Å²) in [6, 6.07) is 7.12. The zero-order chi connectivity index (χ0) is 22.1. The molecule has 1 amide bonds. The third-order valence-corrected chi connectivity index (χ3v) is 7.74. The minimum Gasteiger partial charge on any atom is -0.377 e. The number of rotatable bonds is 7. The van der Waals surface area contributed by atoms with Crippen molar-refractivity contribution >= 4 is 26.6 Å². The van der Waals surface area contributed by atoms with E-state index in [1.54, 1.807) is 25.1 Å². The second-order valence-corrected chi connectivity index (χ2v) is 11.0. The topological polar surface area (TPSA) is 121 Å². The lowest BCUT2D eigenvalue weighted by Gasteiger charge is -2.28. The molecule has 1 aromatic carbocycles. The normalized spacial score (nSPS) is 25.3. The standard InChI is InChI=1S/C21H28N4O5S/c1-21(8-10-31(28,29)14-21)24-19(26)13-25(11-15-5-4-9-30-15)12-18-22-17-7-3-2-6-16(17)20(27)23-18/h2-3,6-7,15H,4-5,8-14H2,1H3,(H,24,26)(H,22,23,27)/t15-,21+/m1/s1. The average Bonchev–Trinajstić information content (AvgIpc) is 3.28. The van der Waals surface area contributed by atoms with Gasteiger partial charge in [0.05, 0.1) is 47.1 Å². The fourth-order valence-electron chi connectivity index (χ4n) is 4.37. The number of sulfone groups is 1. The van der Waals surface area contributed by atoms with Crippen LogP contribution in [0.1, 0.15) is 32.0 Å². The predicted molar refractivity (Wildman–Crippen MR) is 116 cm³/mol. The van der Waals surface area contributed by atoms with Crippen LogP contribution in [0.25, 0.3) is 10.9 Å². The molecule has 4 rings (SSSR count). The highest BCUT2D eigenvalue weighted by molar-refractivity contribution is 7.91. The van der Waals surface area contributed by atoms with Gasteiger partial charge in [-0.25, -0.2) is 13.4 Å². The van der Waals surface area contributed by atoms with Crippen LogP contribution in [0.5, 0.6) is 0 Å². The third kappa shape index (κ3) is 5.50. The molecule has 2 N–H and O–H groups in total. The van der Waals surface area contributed by atoms with Crippen LogP contribution < -0.4 is 10.9 Å². The fourth-order valence-corrected chi connectivity index (χ4v) is 6.46. The molecule has 10 heteroatoms. The minimum atomic E-state index is -3.12. The van der Waals surface area contributed by atoms with Gasteiger partial charge in [-0.1, -0.05) is 12.1 Å². The van der Waals surface area contributed by atoms with Gasteiger partial charge < -0.3 is 15.0 Å². The van der Waals surface area contributed by atoms with Gasteiger partial charge in [-0.05, 0) is 38.3 Å². The maximum Gasteiger partial charge on any atom is 0.258 e. The number of hydrogen-bond acceptors (Lipinski definition) is 7.